The molecule has 8 saturated carbocycles. The van der Waals surface area contributed by atoms with Crippen LogP contribution in [0.2, 0.25) is 0 Å². The Hall–Kier alpha value is -7.67. The molecule has 31 nitrogen and oxygen atoms in total. The highest BCUT2D eigenvalue weighted by Gasteiger charge is 2.63. The van der Waals surface area contributed by atoms with Gasteiger partial charge in [-0.05, 0) is 274 Å². The first-order valence-electron chi connectivity index (χ1n) is 46.7. The molecule has 0 aromatic heterocycles. The van der Waals surface area contributed by atoms with Gasteiger partial charge in [-0.25, -0.2) is 19.2 Å². The summed E-state index contributed by atoms with van der Waals surface area (Å²) in [6, 6.07) is -0.125. The summed E-state index contributed by atoms with van der Waals surface area (Å²) in [5.74, 6) is -3.41. The van der Waals surface area contributed by atoms with Gasteiger partial charge in [-0.2, -0.15) is 0 Å². The highest BCUT2D eigenvalue weighted by Crippen LogP contribution is 2.69. The van der Waals surface area contributed by atoms with E-state index in [0.717, 1.165) is 75.5 Å². The molecule has 0 spiro atoms. The summed E-state index contributed by atoms with van der Waals surface area (Å²) in [4.78, 5) is 156. The molecule has 10 rings (SSSR count). The summed E-state index contributed by atoms with van der Waals surface area (Å²) in [6.45, 7) is 30.4. The van der Waals surface area contributed by atoms with Crippen LogP contribution in [0.15, 0.2) is 11.1 Å². The lowest BCUT2D eigenvalue weighted by Crippen LogP contribution is -2.54. The van der Waals surface area contributed by atoms with E-state index >= 15 is 0 Å². The number of carbonyl (C=O) groups excluding carboxylic acids is 9. The number of nitrogens with zero attached hydrogens (tertiary/aromatic N) is 1. The van der Waals surface area contributed by atoms with Crippen LogP contribution in [-0.4, -0.2) is 217 Å². The number of hydrogen-bond donors (Lipinski definition) is 9. The zero-order chi connectivity index (χ0) is 92.7. The fraction of sp³-hybridized carbons (Fsp3) is 0.840. The summed E-state index contributed by atoms with van der Waals surface area (Å²) >= 11 is 0. The van der Waals surface area contributed by atoms with Crippen molar-refractivity contribution < 1.29 is 131 Å². The number of piperidine rings is 1. The van der Waals surface area contributed by atoms with Gasteiger partial charge in [0.1, 0.15) is 64.6 Å². The first kappa shape index (κ1) is 104. The fourth-order valence-electron chi connectivity index (χ4n) is 21.1. The molecule has 2 bridgehead atoms. The highest BCUT2D eigenvalue weighted by molar-refractivity contribution is 6.04. The van der Waals surface area contributed by atoms with E-state index in [1.807, 2.05) is 55.4 Å². The molecule has 710 valence electrons. The molecule has 1 saturated heterocycles. The molecule has 1 heterocycles. The molecule has 9 N–H and O–H groups in total. The number of carboxylic acid groups (broad SMARTS) is 4. The standard InChI is InChI=1S/C33H55NO6.C27H45NO10.C19H26O6.C15H26N2O5/c1-7-31(3,4)29(37)39-19-18-34-30(38)40-23-14-16-32(5)22(20-23)9-10-24-26-12-11-25(21(2)8-13-28(35)36)33(26,6)17-15-27(24)32;1-4-27(2,3)26(35)38-16-20(30)15-37-25(34)22-8-6-5-7-21(22)24(33)36-14-19(29)13-28-18-11-9-17(10-12-18)23(31)32;1-4-19(2,3)18(23)25-8-7-24-17(22)15-13-11-6-5-10(9-11)12(13)14(15)16(20)21;1-4-15(2,3)13(20)22-10-7-16-14(21)17-8-5-11(6-9-17)12(18)19/h21-27H,7-20H2,1-6H3,(H,34,38)(H,35,36);17-22,28-30H,4-16H2,1-3H3,(H,31,32);10-13H,4-9H2,1-3H3,(H,20,21);11H,4-10H2,1-3H3,(H,16,21)(H,18,19). The van der Waals surface area contributed by atoms with Gasteiger partial charge in [0, 0.05) is 43.9 Å². The van der Waals surface area contributed by atoms with E-state index in [1.54, 1.807) is 32.6 Å². The van der Waals surface area contributed by atoms with Crippen molar-refractivity contribution in [2.75, 3.05) is 79.0 Å². The number of likely N-dealkylation sites (tertiary alicyclic amines) is 1. The zero-order valence-electron chi connectivity index (χ0n) is 77.4. The van der Waals surface area contributed by atoms with Crippen molar-refractivity contribution in [3.63, 3.8) is 0 Å². The van der Waals surface area contributed by atoms with Crippen LogP contribution in [0.3, 0.4) is 0 Å². The number of hydrogen-bond acceptors (Lipinski definition) is 24. The number of urea groups is 1. The van der Waals surface area contributed by atoms with Crippen LogP contribution in [0.25, 0.3) is 0 Å². The molecule has 10 aliphatic rings. The van der Waals surface area contributed by atoms with Gasteiger partial charge >= 0.3 is 77.8 Å². The Morgan fingerprint density at radius 2 is 0.960 bits per heavy atom. The lowest BCUT2D eigenvalue weighted by molar-refractivity contribution is -0.168. The third-order valence-corrected chi connectivity index (χ3v) is 30.8. The Bertz CT molecular complexity index is 3690. The number of aliphatic hydroxyl groups is 2. The highest BCUT2D eigenvalue weighted by atomic mass is 16.6. The number of fused-ring (bicyclic) bond motifs is 10. The minimum absolute atomic E-state index is 0.0101. The maximum absolute atomic E-state index is 12.7. The lowest BCUT2D eigenvalue weighted by Gasteiger charge is -2.61. The minimum atomic E-state index is -1.17. The van der Waals surface area contributed by atoms with Gasteiger partial charge in [-0.15, -0.1) is 0 Å². The second kappa shape index (κ2) is 47.1. The van der Waals surface area contributed by atoms with Gasteiger partial charge in [0.15, 0.2) is 0 Å². The number of aliphatic carboxylic acids is 4. The normalized spacial score (nSPS) is 28.7. The van der Waals surface area contributed by atoms with Crippen molar-refractivity contribution in [3.05, 3.63) is 11.1 Å². The van der Waals surface area contributed by atoms with Crippen molar-refractivity contribution >= 4 is 77.8 Å². The zero-order valence-corrected chi connectivity index (χ0v) is 77.4. The maximum atomic E-state index is 12.7. The first-order chi connectivity index (χ1) is 58.8. The number of esters is 7. The van der Waals surface area contributed by atoms with E-state index in [0.29, 0.717) is 136 Å². The number of ether oxygens (including phenoxy) is 8. The van der Waals surface area contributed by atoms with Crippen molar-refractivity contribution in [2.24, 2.45) is 115 Å². The number of amides is 3. The van der Waals surface area contributed by atoms with Gasteiger partial charge < -0.3 is 89.4 Å². The van der Waals surface area contributed by atoms with Crippen LogP contribution in [-0.2, 0) is 90.6 Å². The Labute approximate surface area is 739 Å². The van der Waals surface area contributed by atoms with Gasteiger partial charge in [-0.1, -0.05) is 61.3 Å². The topological polar surface area (TPSA) is 456 Å². The Morgan fingerprint density at radius 1 is 0.488 bits per heavy atom. The molecular formula is C94H152N4O27. The summed E-state index contributed by atoms with van der Waals surface area (Å²) in [6.07, 6.45) is 20.9. The number of rotatable bonds is 37. The van der Waals surface area contributed by atoms with E-state index in [9.17, 15) is 82.8 Å². The smallest absolute Gasteiger partial charge is 0.407 e. The maximum Gasteiger partial charge on any atom is 0.407 e. The molecule has 1 aliphatic heterocycles. The number of nitrogens with one attached hydrogen (secondary N) is 3. The number of alkyl carbamates (subject to hydrolysis) is 1. The van der Waals surface area contributed by atoms with Crippen LogP contribution < -0.4 is 16.0 Å². The van der Waals surface area contributed by atoms with E-state index in [4.69, 9.17) is 48.1 Å². The third-order valence-electron chi connectivity index (χ3n) is 30.8. The number of carbonyl (C=O) groups is 13. The van der Waals surface area contributed by atoms with E-state index < -0.39 is 99.6 Å². The molecule has 31 heteroatoms. The van der Waals surface area contributed by atoms with Crippen molar-refractivity contribution in [2.45, 2.75) is 308 Å². The molecule has 9 aliphatic carbocycles. The van der Waals surface area contributed by atoms with E-state index in [2.05, 4.69) is 36.7 Å². The lowest BCUT2D eigenvalue weighted by atomic mass is 9.44. The predicted octanol–water partition coefficient (Wildman–Crippen LogP) is 13.1. The van der Waals surface area contributed by atoms with Gasteiger partial charge in [0.2, 0.25) is 0 Å². The van der Waals surface area contributed by atoms with Gasteiger partial charge in [-0.3, -0.25) is 43.2 Å². The van der Waals surface area contributed by atoms with Crippen LogP contribution in [0.5, 0.6) is 0 Å². The minimum Gasteiger partial charge on any atom is -0.481 e. The summed E-state index contributed by atoms with van der Waals surface area (Å²) in [5.41, 5.74) is -0.982. The molecule has 17 unspecified atom stereocenters. The quantitative estimate of drug-likeness (QED) is 0.0158. The monoisotopic (exact) mass is 1770 g/mol. The molecule has 3 amide bonds. The molecule has 125 heavy (non-hydrogen) atoms. The molecule has 0 aromatic carbocycles. The van der Waals surface area contributed by atoms with Crippen LogP contribution in [0, 0.1) is 115 Å². The Kier molecular flexibility index (Phi) is 39.3. The summed E-state index contributed by atoms with van der Waals surface area (Å²) in [5, 5.41) is 65.6. The molecule has 0 aromatic rings. The number of aliphatic hydroxyl groups excluding tert-OH is 2. The second-order valence-electron chi connectivity index (χ2n) is 40.3. The fourth-order valence-corrected chi connectivity index (χ4v) is 21.1. The first-order valence-corrected chi connectivity index (χ1v) is 46.7. The van der Waals surface area contributed by atoms with Gasteiger partial charge in [0.25, 0.3) is 0 Å². The van der Waals surface area contributed by atoms with E-state index in [-0.39, 0.29) is 138 Å². The van der Waals surface area contributed by atoms with Crippen LogP contribution >= 0.6 is 0 Å². The summed E-state index contributed by atoms with van der Waals surface area (Å²) in [7, 11) is 0. The SMILES string of the molecule is CCC(C)(C)C(=O)OCC(O)COC(=O)C1CCCCC1C(=O)OCC(O)CNC1CCC(C(=O)O)CC1.CCC(C)(C)C(=O)OCCNC(=O)N1CCC(C(=O)O)CC1.CCC(C)(C)C(=O)OCCNC(=O)OC1CCC2(C)C(CCC3C2CCC2(C)C(C(C)CCC(=O)O)CCC32)C1.CCC(C)(C)C(=O)OCCOC(=O)C1=C(C(=O)O)C2C3CCC(C3)C12. The van der Waals surface area contributed by atoms with E-state index in [1.165, 1.54) is 38.5 Å². The van der Waals surface area contributed by atoms with Crippen molar-refractivity contribution in [1.82, 2.24) is 20.9 Å². The molecule has 9 fully saturated rings. The molecule has 0 radical (unpaired) electrons. The molecule has 17 atom stereocenters. The van der Waals surface area contributed by atoms with Crippen LogP contribution in [0.4, 0.5) is 9.59 Å². The Morgan fingerprint density at radius 3 is 1.48 bits per heavy atom. The largest absolute Gasteiger partial charge is 0.481 e. The molecular weight excluding hydrogens is 1620 g/mol. The summed E-state index contributed by atoms with van der Waals surface area (Å²) < 4.78 is 42.3. The average Bonchev–Trinajstić information content (AvgIpc) is 1.57. The van der Waals surface area contributed by atoms with Crippen molar-refractivity contribution in [1.29, 1.82) is 0 Å². The predicted molar refractivity (Wildman–Crippen MR) is 459 cm³/mol. The van der Waals surface area contributed by atoms with Gasteiger partial charge in [0.05, 0.1) is 69.6 Å². The second-order valence-corrected chi connectivity index (χ2v) is 40.3. The van der Waals surface area contributed by atoms with Crippen LogP contribution in [0.1, 0.15) is 284 Å². The average molecular weight is 1770 g/mol. The Balaban J connectivity index is 0.000000235. The number of carboxylic acids is 4. The van der Waals surface area contributed by atoms with Crippen molar-refractivity contribution in [3.8, 4) is 0 Å². The third kappa shape index (κ3) is 28.2.